The lowest BCUT2D eigenvalue weighted by Gasteiger charge is -2.26. The largest absolute Gasteiger partial charge is 0.472 e. The molecule has 1 N–H and O–H groups in total. The summed E-state index contributed by atoms with van der Waals surface area (Å²) in [5, 5.41) is 3.70. The number of urea groups is 1. The van der Waals surface area contributed by atoms with Crippen LogP contribution in [0.3, 0.4) is 0 Å². The summed E-state index contributed by atoms with van der Waals surface area (Å²) in [6.45, 7) is 1.72. The fourth-order valence-corrected chi connectivity index (χ4v) is 2.44. The first-order chi connectivity index (χ1) is 9.16. The Morgan fingerprint density at radius 3 is 2.68 bits per heavy atom. The summed E-state index contributed by atoms with van der Waals surface area (Å²) in [5.74, 6) is 0.505. The van der Waals surface area contributed by atoms with Crippen LogP contribution in [0.25, 0.3) is 0 Å². The van der Waals surface area contributed by atoms with Crippen LogP contribution < -0.4 is 10.1 Å². The quantitative estimate of drug-likeness (QED) is 0.868. The number of nitrogens with one attached hydrogen (secondary N) is 1. The maximum Gasteiger partial charge on any atom is 0.320 e. The molecule has 104 valence electrons. The molecule has 4 nitrogen and oxygen atoms in total. The molecular weight excluding hydrogens is 287 g/mol. The summed E-state index contributed by atoms with van der Waals surface area (Å²) in [7, 11) is 0. The highest BCUT2D eigenvalue weighted by Gasteiger charge is 2.15. The van der Waals surface area contributed by atoms with E-state index in [0.717, 1.165) is 25.9 Å². The van der Waals surface area contributed by atoms with Gasteiger partial charge in [0.2, 0.25) is 0 Å². The predicted molar refractivity (Wildman–Crippen MR) is 75.9 cm³/mol. The normalized spacial score (nSPS) is 15.2. The summed E-state index contributed by atoms with van der Waals surface area (Å²) in [6, 6.07) is 4.88. The molecule has 0 aromatic heterocycles. The monoisotopic (exact) mass is 302 g/mol. The average Bonchev–Trinajstić information content (AvgIpc) is 2.42. The van der Waals surface area contributed by atoms with Gasteiger partial charge in [0.25, 0.3) is 0 Å². The lowest BCUT2D eigenvalue weighted by atomic mass is 10.1. The Hall–Kier alpha value is -1.13. The minimum Gasteiger partial charge on any atom is -0.472 e. The summed E-state index contributed by atoms with van der Waals surface area (Å²) in [5.41, 5.74) is 0. The van der Waals surface area contributed by atoms with Crippen LogP contribution in [0.2, 0.25) is 10.0 Å². The minimum atomic E-state index is -0.0928. The number of carbonyl (C=O) groups excluding carboxylic acids is 1. The van der Waals surface area contributed by atoms with Crippen LogP contribution in [-0.2, 0) is 0 Å². The van der Waals surface area contributed by atoms with Gasteiger partial charge in [-0.1, -0.05) is 23.2 Å². The fourth-order valence-electron chi connectivity index (χ4n) is 1.98. The highest BCUT2D eigenvalue weighted by Crippen LogP contribution is 2.27. The number of likely N-dealkylation sites (tertiary alicyclic amines) is 1. The molecule has 2 rings (SSSR count). The number of halogens is 2. The SMILES string of the molecule is O=C(NCOc1ccc(Cl)cc1Cl)N1CCCCC1. The molecule has 19 heavy (non-hydrogen) atoms. The second-order valence-corrected chi connectivity index (χ2v) is 5.24. The van der Waals surface area contributed by atoms with Gasteiger partial charge in [-0.3, -0.25) is 0 Å². The smallest absolute Gasteiger partial charge is 0.320 e. The number of piperidine rings is 1. The van der Waals surface area contributed by atoms with Crippen molar-refractivity contribution in [2.75, 3.05) is 19.8 Å². The van der Waals surface area contributed by atoms with Crippen molar-refractivity contribution in [3.8, 4) is 5.75 Å². The van der Waals surface area contributed by atoms with Crippen molar-refractivity contribution < 1.29 is 9.53 Å². The maximum atomic E-state index is 11.8. The molecule has 1 heterocycles. The molecule has 0 spiro atoms. The van der Waals surface area contributed by atoms with Gasteiger partial charge in [-0.05, 0) is 37.5 Å². The molecule has 0 atom stereocenters. The van der Waals surface area contributed by atoms with Crippen molar-refractivity contribution >= 4 is 29.2 Å². The Balaban J connectivity index is 1.78. The van der Waals surface area contributed by atoms with Crippen LogP contribution in [0.15, 0.2) is 18.2 Å². The van der Waals surface area contributed by atoms with Crippen LogP contribution >= 0.6 is 23.2 Å². The zero-order valence-electron chi connectivity index (χ0n) is 10.5. The van der Waals surface area contributed by atoms with E-state index in [0.29, 0.717) is 15.8 Å². The van der Waals surface area contributed by atoms with E-state index in [1.54, 1.807) is 23.1 Å². The third-order valence-electron chi connectivity index (χ3n) is 2.99. The second-order valence-electron chi connectivity index (χ2n) is 4.39. The second kappa shape index (κ2) is 6.87. The van der Waals surface area contributed by atoms with Gasteiger partial charge < -0.3 is 15.0 Å². The Labute approximate surface area is 122 Å². The standard InChI is InChI=1S/C13H16Cl2N2O2/c14-10-4-5-12(11(15)8-10)19-9-16-13(18)17-6-2-1-3-7-17/h4-5,8H,1-3,6-7,9H2,(H,16,18). The molecule has 1 aromatic carbocycles. The van der Waals surface area contributed by atoms with Gasteiger partial charge in [0.1, 0.15) is 5.75 Å². The molecule has 0 saturated carbocycles. The Morgan fingerprint density at radius 1 is 1.26 bits per heavy atom. The Bertz CT molecular complexity index is 448. The number of hydrogen-bond acceptors (Lipinski definition) is 2. The zero-order valence-corrected chi connectivity index (χ0v) is 12.0. The minimum absolute atomic E-state index is 0.0928. The zero-order chi connectivity index (χ0) is 13.7. The number of ether oxygens (including phenoxy) is 1. The van der Waals surface area contributed by atoms with Crippen molar-refractivity contribution in [1.82, 2.24) is 10.2 Å². The first-order valence-corrected chi connectivity index (χ1v) is 7.03. The van der Waals surface area contributed by atoms with Gasteiger partial charge in [0, 0.05) is 18.1 Å². The lowest BCUT2D eigenvalue weighted by Crippen LogP contribution is -2.43. The maximum absolute atomic E-state index is 11.8. The molecule has 1 saturated heterocycles. The number of rotatable bonds is 3. The third-order valence-corrected chi connectivity index (χ3v) is 3.52. The number of benzene rings is 1. The number of nitrogens with zero attached hydrogens (tertiary/aromatic N) is 1. The number of amides is 2. The third kappa shape index (κ3) is 4.18. The van der Waals surface area contributed by atoms with E-state index in [4.69, 9.17) is 27.9 Å². The molecule has 1 fully saturated rings. The van der Waals surface area contributed by atoms with Crippen LogP contribution in [0, 0.1) is 0 Å². The highest BCUT2D eigenvalue weighted by molar-refractivity contribution is 6.35. The van der Waals surface area contributed by atoms with E-state index in [1.807, 2.05) is 0 Å². The number of hydrogen-bond donors (Lipinski definition) is 1. The van der Waals surface area contributed by atoms with Crippen molar-refractivity contribution in [3.63, 3.8) is 0 Å². The van der Waals surface area contributed by atoms with Crippen LogP contribution in [-0.4, -0.2) is 30.8 Å². The Morgan fingerprint density at radius 2 is 2.00 bits per heavy atom. The summed E-state index contributed by atoms with van der Waals surface area (Å²) < 4.78 is 5.40. The molecule has 2 amide bonds. The van der Waals surface area contributed by atoms with E-state index < -0.39 is 0 Å². The van der Waals surface area contributed by atoms with Gasteiger partial charge in [0.05, 0.1) is 5.02 Å². The molecular formula is C13H16Cl2N2O2. The van der Waals surface area contributed by atoms with E-state index in [1.165, 1.54) is 6.42 Å². The fraction of sp³-hybridized carbons (Fsp3) is 0.462. The van der Waals surface area contributed by atoms with Gasteiger partial charge in [-0.2, -0.15) is 0 Å². The van der Waals surface area contributed by atoms with E-state index in [2.05, 4.69) is 5.32 Å². The molecule has 0 unspecified atom stereocenters. The first-order valence-electron chi connectivity index (χ1n) is 6.27. The van der Waals surface area contributed by atoms with Crippen molar-refractivity contribution in [2.45, 2.75) is 19.3 Å². The van der Waals surface area contributed by atoms with E-state index in [9.17, 15) is 4.79 Å². The van der Waals surface area contributed by atoms with Crippen molar-refractivity contribution in [3.05, 3.63) is 28.2 Å². The van der Waals surface area contributed by atoms with E-state index >= 15 is 0 Å². The summed E-state index contributed by atoms with van der Waals surface area (Å²) in [6.07, 6.45) is 3.33. The molecule has 0 radical (unpaired) electrons. The molecule has 0 aliphatic carbocycles. The van der Waals surface area contributed by atoms with Crippen molar-refractivity contribution in [2.24, 2.45) is 0 Å². The molecule has 1 aliphatic heterocycles. The summed E-state index contributed by atoms with van der Waals surface area (Å²) >= 11 is 11.7. The Kier molecular flexibility index (Phi) is 5.16. The van der Waals surface area contributed by atoms with Crippen LogP contribution in [0.4, 0.5) is 4.79 Å². The highest BCUT2D eigenvalue weighted by atomic mass is 35.5. The van der Waals surface area contributed by atoms with Crippen LogP contribution in [0.1, 0.15) is 19.3 Å². The lowest BCUT2D eigenvalue weighted by molar-refractivity contribution is 0.174. The molecule has 1 aliphatic rings. The van der Waals surface area contributed by atoms with Crippen molar-refractivity contribution in [1.29, 1.82) is 0 Å². The molecule has 6 heteroatoms. The molecule has 0 bridgehead atoms. The van der Waals surface area contributed by atoms with Gasteiger partial charge in [-0.25, -0.2) is 4.79 Å². The van der Waals surface area contributed by atoms with Gasteiger partial charge in [0.15, 0.2) is 6.73 Å². The molecule has 1 aromatic rings. The predicted octanol–water partition coefficient (Wildman–Crippen LogP) is 3.53. The van der Waals surface area contributed by atoms with Crippen LogP contribution in [0.5, 0.6) is 5.75 Å². The first kappa shape index (κ1) is 14.3. The topological polar surface area (TPSA) is 41.6 Å². The van der Waals surface area contributed by atoms with Gasteiger partial charge >= 0.3 is 6.03 Å². The summed E-state index contributed by atoms with van der Waals surface area (Å²) in [4.78, 5) is 13.6. The average molecular weight is 303 g/mol. The number of carbonyl (C=O) groups is 1. The van der Waals surface area contributed by atoms with Gasteiger partial charge in [-0.15, -0.1) is 0 Å². The van der Waals surface area contributed by atoms with E-state index in [-0.39, 0.29) is 12.8 Å².